The van der Waals surface area contributed by atoms with Crippen molar-refractivity contribution >= 4 is 5.91 Å². The van der Waals surface area contributed by atoms with Gasteiger partial charge in [0.2, 0.25) is 5.91 Å². The first-order valence-electron chi connectivity index (χ1n) is 5.94. The van der Waals surface area contributed by atoms with Gasteiger partial charge in [0.15, 0.2) is 0 Å². The Morgan fingerprint density at radius 1 is 1.33 bits per heavy atom. The van der Waals surface area contributed by atoms with Gasteiger partial charge in [-0.2, -0.15) is 0 Å². The van der Waals surface area contributed by atoms with E-state index in [1.807, 2.05) is 6.92 Å². The molecule has 1 amide bonds. The summed E-state index contributed by atoms with van der Waals surface area (Å²) in [6.07, 6.45) is 0. The number of carbonyl (C=O) groups excluding carboxylic acids is 1. The lowest BCUT2D eigenvalue weighted by Crippen LogP contribution is -2.43. The third-order valence-corrected chi connectivity index (χ3v) is 2.67. The van der Waals surface area contributed by atoms with Gasteiger partial charge in [0.05, 0.1) is 6.04 Å². The van der Waals surface area contributed by atoms with Gasteiger partial charge in [-0.1, -0.05) is 0 Å². The predicted molar refractivity (Wildman–Crippen MR) is 66.1 cm³/mol. The van der Waals surface area contributed by atoms with Gasteiger partial charge in [0.25, 0.3) is 0 Å². The van der Waals surface area contributed by atoms with Gasteiger partial charge in [-0.05, 0) is 39.0 Å². The topological polar surface area (TPSA) is 41.1 Å². The van der Waals surface area contributed by atoms with Gasteiger partial charge in [-0.15, -0.1) is 0 Å². The second-order valence-electron chi connectivity index (χ2n) is 4.17. The van der Waals surface area contributed by atoms with Gasteiger partial charge in [0, 0.05) is 18.2 Å². The molecule has 100 valence electrons. The molecule has 1 rings (SSSR count). The minimum atomic E-state index is -0.495. The lowest BCUT2D eigenvalue weighted by Gasteiger charge is -2.20. The molecular weight excluding hydrogens is 238 g/mol. The molecule has 0 spiro atoms. The van der Waals surface area contributed by atoms with E-state index in [2.05, 4.69) is 10.6 Å². The summed E-state index contributed by atoms with van der Waals surface area (Å²) in [5.74, 6) is -1.15. The maximum absolute atomic E-state index is 13.5. The first kappa shape index (κ1) is 14.6. The Kier molecular flexibility index (Phi) is 5.22. The van der Waals surface area contributed by atoms with Crippen molar-refractivity contribution in [2.75, 3.05) is 6.54 Å². The van der Waals surface area contributed by atoms with Crippen molar-refractivity contribution in [1.82, 2.24) is 10.6 Å². The average molecular weight is 256 g/mol. The molecule has 0 aliphatic heterocycles. The molecule has 0 aliphatic rings. The summed E-state index contributed by atoms with van der Waals surface area (Å²) in [5.41, 5.74) is 0.214. The lowest BCUT2D eigenvalue weighted by atomic mass is 10.1. The molecule has 0 radical (unpaired) electrons. The van der Waals surface area contributed by atoms with E-state index >= 15 is 0 Å². The summed E-state index contributed by atoms with van der Waals surface area (Å²) < 4.78 is 26.6. The van der Waals surface area contributed by atoms with E-state index in [0.29, 0.717) is 6.54 Å². The number of hydrogen-bond acceptors (Lipinski definition) is 2. The van der Waals surface area contributed by atoms with Crippen LogP contribution in [0.3, 0.4) is 0 Å². The molecule has 0 aromatic heterocycles. The van der Waals surface area contributed by atoms with Crippen LogP contribution in [0.1, 0.15) is 32.4 Å². The number of carbonyl (C=O) groups is 1. The largest absolute Gasteiger partial charge is 0.355 e. The Bertz CT molecular complexity index is 423. The highest BCUT2D eigenvalue weighted by Gasteiger charge is 2.18. The molecule has 1 aromatic rings. The molecule has 2 N–H and O–H groups in total. The Balaban J connectivity index is 2.73. The second-order valence-corrected chi connectivity index (χ2v) is 4.17. The Hall–Kier alpha value is -1.49. The van der Waals surface area contributed by atoms with E-state index in [9.17, 15) is 13.6 Å². The van der Waals surface area contributed by atoms with Gasteiger partial charge in [-0.3, -0.25) is 10.1 Å². The monoisotopic (exact) mass is 256 g/mol. The van der Waals surface area contributed by atoms with Gasteiger partial charge < -0.3 is 5.32 Å². The average Bonchev–Trinajstić information content (AvgIpc) is 2.32. The molecule has 0 bridgehead atoms. The summed E-state index contributed by atoms with van der Waals surface area (Å²) in [5, 5.41) is 5.59. The Labute approximate surface area is 106 Å². The Morgan fingerprint density at radius 3 is 2.61 bits per heavy atom. The van der Waals surface area contributed by atoms with Gasteiger partial charge in [-0.25, -0.2) is 8.78 Å². The third kappa shape index (κ3) is 3.77. The maximum atomic E-state index is 13.5. The molecule has 18 heavy (non-hydrogen) atoms. The number of hydrogen-bond donors (Lipinski definition) is 2. The summed E-state index contributed by atoms with van der Waals surface area (Å²) in [7, 11) is 0. The smallest absolute Gasteiger partial charge is 0.236 e. The zero-order valence-corrected chi connectivity index (χ0v) is 10.8. The van der Waals surface area contributed by atoms with Crippen molar-refractivity contribution in [3.05, 3.63) is 35.4 Å². The molecule has 0 aliphatic carbocycles. The van der Waals surface area contributed by atoms with Crippen LogP contribution in [0.2, 0.25) is 0 Å². The first-order chi connectivity index (χ1) is 8.45. The number of nitrogens with one attached hydrogen (secondary N) is 2. The fraction of sp³-hybridized carbons (Fsp3) is 0.462. The molecule has 0 fully saturated rings. The highest BCUT2D eigenvalue weighted by molar-refractivity contribution is 5.81. The SMILES string of the molecule is CCNC(=O)C(C)NC(C)c1cc(F)ccc1F. The van der Waals surface area contributed by atoms with Crippen LogP contribution in [0, 0.1) is 11.6 Å². The van der Waals surface area contributed by atoms with E-state index < -0.39 is 23.7 Å². The van der Waals surface area contributed by atoms with E-state index in [1.165, 1.54) is 0 Å². The van der Waals surface area contributed by atoms with Crippen LogP contribution < -0.4 is 10.6 Å². The van der Waals surface area contributed by atoms with Crippen LogP contribution >= 0.6 is 0 Å². The van der Waals surface area contributed by atoms with Crippen molar-refractivity contribution in [1.29, 1.82) is 0 Å². The molecular formula is C13H18F2N2O. The van der Waals surface area contributed by atoms with Crippen LogP contribution in [-0.2, 0) is 4.79 Å². The van der Waals surface area contributed by atoms with Gasteiger partial charge in [0.1, 0.15) is 11.6 Å². The number of rotatable bonds is 5. The zero-order valence-electron chi connectivity index (χ0n) is 10.8. The first-order valence-corrected chi connectivity index (χ1v) is 5.94. The molecule has 0 saturated carbocycles. The molecule has 5 heteroatoms. The van der Waals surface area contributed by atoms with E-state index in [0.717, 1.165) is 18.2 Å². The standard InChI is InChI=1S/C13H18F2N2O/c1-4-16-13(18)9(3)17-8(2)11-7-10(14)5-6-12(11)15/h5-9,17H,4H2,1-3H3,(H,16,18). The molecule has 2 atom stereocenters. The number of halogens is 2. The maximum Gasteiger partial charge on any atom is 0.236 e. The number of amides is 1. The van der Waals surface area contributed by atoms with Crippen LogP contribution in [0.25, 0.3) is 0 Å². The van der Waals surface area contributed by atoms with Crippen LogP contribution in [0.4, 0.5) is 8.78 Å². The molecule has 1 aromatic carbocycles. The minimum Gasteiger partial charge on any atom is -0.355 e. The van der Waals surface area contributed by atoms with Crippen LogP contribution in [0.5, 0.6) is 0 Å². The zero-order chi connectivity index (χ0) is 13.7. The predicted octanol–water partition coefficient (Wildman–Crippen LogP) is 2.14. The van der Waals surface area contributed by atoms with Crippen molar-refractivity contribution in [2.45, 2.75) is 32.9 Å². The summed E-state index contributed by atoms with van der Waals surface area (Å²) >= 11 is 0. The quantitative estimate of drug-likeness (QED) is 0.847. The van der Waals surface area contributed by atoms with Crippen molar-refractivity contribution < 1.29 is 13.6 Å². The summed E-state index contributed by atoms with van der Waals surface area (Å²) in [6, 6.07) is 2.37. The van der Waals surface area contributed by atoms with Crippen LogP contribution in [-0.4, -0.2) is 18.5 Å². The highest BCUT2D eigenvalue weighted by Crippen LogP contribution is 2.18. The molecule has 3 nitrogen and oxygen atoms in total. The highest BCUT2D eigenvalue weighted by atomic mass is 19.1. The van der Waals surface area contributed by atoms with E-state index in [1.54, 1.807) is 13.8 Å². The van der Waals surface area contributed by atoms with E-state index in [-0.39, 0.29) is 11.5 Å². The molecule has 0 saturated heterocycles. The summed E-state index contributed by atoms with van der Waals surface area (Å²) in [4.78, 5) is 11.5. The lowest BCUT2D eigenvalue weighted by molar-refractivity contribution is -0.122. The fourth-order valence-electron chi connectivity index (χ4n) is 1.71. The summed E-state index contributed by atoms with van der Waals surface area (Å²) in [6.45, 7) is 5.72. The number of benzene rings is 1. The minimum absolute atomic E-state index is 0.166. The van der Waals surface area contributed by atoms with Crippen molar-refractivity contribution in [3.63, 3.8) is 0 Å². The normalized spacial score (nSPS) is 14.1. The number of likely N-dealkylation sites (N-methyl/N-ethyl adjacent to an activating group) is 1. The molecule has 2 unspecified atom stereocenters. The second kappa shape index (κ2) is 6.44. The third-order valence-electron chi connectivity index (χ3n) is 2.67. The van der Waals surface area contributed by atoms with Crippen molar-refractivity contribution in [2.24, 2.45) is 0 Å². The fourth-order valence-corrected chi connectivity index (χ4v) is 1.71. The molecule has 0 heterocycles. The van der Waals surface area contributed by atoms with Crippen LogP contribution in [0.15, 0.2) is 18.2 Å². The van der Waals surface area contributed by atoms with Crippen molar-refractivity contribution in [3.8, 4) is 0 Å². The Morgan fingerprint density at radius 2 is 2.00 bits per heavy atom. The van der Waals surface area contributed by atoms with Gasteiger partial charge >= 0.3 is 0 Å². The van der Waals surface area contributed by atoms with E-state index in [4.69, 9.17) is 0 Å².